The fraction of sp³-hybridized carbons (Fsp3) is 0.111. The highest BCUT2D eigenvalue weighted by molar-refractivity contribution is 7.83. The summed E-state index contributed by atoms with van der Waals surface area (Å²) in [5.74, 6) is 0. The number of rotatable bonds is 0. The van der Waals surface area contributed by atoms with Crippen molar-refractivity contribution in [3.63, 3.8) is 0 Å². The van der Waals surface area contributed by atoms with E-state index in [0.29, 0.717) is 0 Å². The van der Waals surface area contributed by atoms with Gasteiger partial charge in [0.05, 0.1) is 9.90 Å². The van der Waals surface area contributed by atoms with Crippen LogP contribution in [-0.4, -0.2) is 0 Å². The second kappa shape index (κ2) is 2.68. The van der Waals surface area contributed by atoms with E-state index in [1.807, 2.05) is 0 Å². The number of hydrogen-bond donors (Lipinski definition) is 2. The van der Waals surface area contributed by atoms with Gasteiger partial charge < -0.3 is 5.73 Å². The molecule has 62 valence electrons. The smallest absolute Gasteiger partial charge is 0.0811 e. The molecular formula is C9H9NS2. The number of aryl methyl sites for hydroxylation is 1. The SMILES string of the molecule is Cc1ccc2sc(S)c(N)c2c1. The van der Waals surface area contributed by atoms with Crippen molar-refractivity contribution < 1.29 is 0 Å². The van der Waals surface area contributed by atoms with Crippen molar-refractivity contribution in [2.45, 2.75) is 11.1 Å². The number of nitrogen functional groups attached to an aromatic ring is 1. The Hall–Kier alpha value is -0.670. The Bertz CT molecular complexity index is 431. The van der Waals surface area contributed by atoms with Crippen molar-refractivity contribution in [1.82, 2.24) is 0 Å². The Morgan fingerprint density at radius 3 is 2.92 bits per heavy atom. The zero-order valence-electron chi connectivity index (χ0n) is 6.66. The fourth-order valence-electron chi connectivity index (χ4n) is 1.22. The molecule has 0 bridgehead atoms. The third kappa shape index (κ3) is 1.09. The van der Waals surface area contributed by atoms with E-state index in [-0.39, 0.29) is 0 Å². The molecule has 1 heterocycles. The average Bonchev–Trinajstić information content (AvgIpc) is 2.31. The molecule has 2 aromatic rings. The molecule has 0 unspecified atom stereocenters. The van der Waals surface area contributed by atoms with Crippen molar-refractivity contribution in [2.24, 2.45) is 0 Å². The van der Waals surface area contributed by atoms with Gasteiger partial charge in [0.15, 0.2) is 0 Å². The lowest BCUT2D eigenvalue weighted by atomic mass is 10.2. The van der Waals surface area contributed by atoms with Gasteiger partial charge in [-0.2, -0.15) is 0 Å². The minimum atomic E-state index is 0.807. The van der Waals surface area contributed by atoms with E-state index in [1.165, 1.54) is 10.3 Å². The Kier molecular flexibility index (Phi) is 1.77. The molecule has 0 aliphatic carbocycles. The molecule has 0 aliphatic heterocycles. The molecule has 0 atom stereocenters. The highest BCUT2D eigenvalue weighted by Crippen LogP contribution is 2.36. The quantitative estimate of drug-likeness (QED) is 0.621. The molecule has 1 aromatic carbocycles. The number of fused-ring (bicyclic) bond motifs is 1. The number of anilines is 1. The summed E-state index contributed by atoms with van der Waals surface area (Å²) in [7, 11) is 0. The Morgan fingerprint density at radius 2 is 2.17 bits per heavy atom. The summed E-state index contributed by atoms with van der Waals surface area (Å²) in [6.07, 6.45) is 0. The predicted octanol–water partition coefficient (Wildman–Crippen LogP) is 3.08. The van der Waals surface area contributed by atoms with Crippen LogP contribution in [0.4, 0.5) is 5.69 Å². The highest BCUT2D eigenvalue weighted by Gasteiger charge is 2.05. The summed E-state index contributed by atoms with van der Waals surface area (Å²) in [5, 5.41) is 1.13. The molecule has 0 fully saturated rings. The zero-order chi connectivity index (χ0) is 8.72. The van der Waals surface area contributed by atoms with Gasteiger partial charge in [-0.25, -0.2) is 0 Å². The molecule has 2 rings (SSSR count). The molecule has 0 spiro atoms. The number of nitrogens with two attached hydrogens (primary N) is 1. The van der Waals surface area contributed by atoms with Crippen molar-refractivity contribution in [1.29, 1.82) is 0 Å². The second-order valence-corrected chi connectivity index (χ2v) is 4.62. The molecule has 1 nitrogen and oxygen atoms in total. The van der Waals surface area contributed by atoms with Gasteiger partial charge >= 0.3 is 0 Å². The third-order valence-corrected chi connectivity index (χ3v) is 3.37. The van der Waals surface area contributed by atoms with Gasteiger partial charge in [-0.15, -0.1) is 24.0 Å². The first kappa shape index (κ1) is 7.95. The standard InChI is InChI=1S/C9H9NS2/c1-5-2-3-7-6(4-5)8(10)9(11)12-7/h2-4,11H,10H2,1H3. The monoisotopic (exact) mass is 195 g/mol. The maximum atomic E-state index is 5.84. The van der Waals surface area contributed by atoms with E-state index >= 15 is 0 Å². The Balaban J connectivity index is 2.88. The molecule has 1 aromatic heterocycles. The van der Waals surface area contributed by atoms with Crippen LogP contribution in [0.1, 0.15) is 5.56 Å². The summed E-state index contributed by atoms with van der Waals surface area (Å²) in [6, 6.07) is 6.28. The zero-order valence-corrected chi connectivity index (χ0v) is 8.38. The average molecular weight is 195 g/mol. The third-order valence-electron chi connectivity index (χ3n) is 1.86. The van der Waals surface area contributed by atoms with E-state index in [9.17, 15) is 0 Å². The van der Waals surface area contributed by atoms with Gasteiger partial charge in [-0.1, -0.05) is 11.6 Å². The number of benzene rings is 1. The van der Waals surface area contributed by atoms with Gasteiger partial charge in [0.2, 0.25) is 0 Å². The maximum Gasteiger partial charge on any atom is 0.0811 e. The van der Waals surface area contributed by atoms with Gasteiger partial charge in [0, 0.05) is 10.1 Å². The molecular weight excluding hydrogens is 186 g/mol. The van der Waals surface area contributed by atoms with Gasteiger partial charge in [-0.05, 0) is 19.1 Å². The minimum absolute atomic E-state index is 0.807. The van der Waals surface area contributed by atoms with Crippen LogP contribution in [0.5, 0.6) is 0 Å². The van der Waals surface area contributed by atoms with Gasteiger partial charge in [0.25, 0.3) is 0 Å². The van der Waals surface area contributed by atoms with E-state index in [2.05, 4.69) is 37.8 Å². The minimum Gasteiger partial charge on any atom is -0.397 e. The summed E-state index contributed by atoms with van der Waals surface area (Å²) < 4.78 is 2.12. The molecule has 2 N–H and O–H groups in total. The second-order valence-electron chi connectivity index (χ2n) is 2.82. The van der Waals surface area contributed by atoms with Crippen LogP contribution in [0.3, 0.4) is 0 Å². The van der Waals surface area contributed by atoms with Crippen LogP contribution in [0.2, 0.25) is 0 Å². The van der Waals surface area contributed by atoms with Crippen molar-refractivity contribution in [3.05, 3.63) is 23.8 Å². The Morgan fingerprint density at radius 1 is 1.42 bits per heavy atom. The van der Waals surface area contributed by atoms with Crippen LogP contribution >= 0.6 is 24.0 Å². The molecule has 0 radical (unpaired) electrons. The van der Waals surface area contributed by atoms with Crippen molar-refractivity contribution >= 4 is 39.7 Å². The maximum absolute atomic E-state index is 5.84. The molecule has 0 aliphatic rings. The van der Waals surface area contributed by atoms with Crippen LogP contribution in [0, 0.1) is 6.92 Å². The van der Waals surface area contributed by atoms with E-state index in [1.54, 1.807) is 11.3 Å². The topological polar surface area (TPSA) is 26.0 Å². The van der Waals surface area contributed by atoms with E-state index in [4.69, 9.17) is 5.73 Å². The van der Waals surface area contributed by atoms with Crippen LogP contribution in [0.15, 0.2) is 22.4 Å². The first-order chi connectivity index (χ1) is 5.68. The van der Waals surface area contributed by atoms with Crippen LogP contribution < -0.4 is 5.73 Å². The highest BCUT2D eigenvalue weighted by atomic mass is 32.2. The summed E-state index contributed by atoms with van der Waals surface area (Å²) >= 11 is 5.91. The summed E-state index contributed by atoms with van der Waals surface area (Å²) in [6.45, 7) is 2.06. The summed E-state index contributed by atoms with van der Waals surface area (Å²) in [5.41, 5.74) is 7.89. The number of thiol groups is 1. The number of thiophene rings is 1. The van der Waals surface area contributed by atoms with Gasteiger partial charge in [-0.3, -0.25) is 0 Å². The van der Waals surface area contributed by atoms with Crippen LogP contribution in [0.25, 0.3) is 10.1 Å². The van der Waals surface area contributed by atoms with Crippen LogP contribution in [-0.2, 0) is 0 Å². The van der Waals surface area contributed by atoms with Crippen molar-refractivity contribution in [2.75, 3.05) is 5.73 Å². The Labute approximate surface area is 80.6 Å². The molecule has 0 saturated carbocycles. The molecule has 0 saturated heterocycles. The molecule has 0 amide bonds. The first-order valence-corrected chi connectivity index (χ1v) is 4.92. The molecule has 3 heteroatoms. The van der Waals surface area contributed by atoms with E-state index in [0.717, 1.165) is 15.3 Å². The first-order valence-electron chi connectivity index (χ1n) is 3.66. The lowest BCUT2D eigenvalue weighted by Crippen LogP contribution is -1.82. The predicted molar refractivity (Wildman–Crippen MR) is 58.2 cm³/mol. The number of hydrogen-bond acceptors (Lipinski definition) is 3. The van der Waals surface area contributed by atoms with E-state index < -0.39 is 0 Å². The lowest BCUT2D eigenvalue weighted by Gasteiger charge is -1.93. The van der Waals surface area contributed by atoms with Gasteiger partial charge in [0.1, 0.15) is 0 Å². The molecule has 12 heavy (non-hydrogen) atoms. The fourth-order valence-corrected chi connectivity index (χ4v) is 2.48. The largest absolute Gasteiger partial charge is 0.397 e. The summed E-state index contributed by atoms with van der Waals surface area (Å²) in [4.78, 5) is 0. The lowest BCUT2D eigenvalue weighted by molar-refractivity contribution is 1.51. The van der Waals surface area contributed by atoms with Crippen molar-refractivity contribution in [3.8, 4) is 0 Å². The normalized spacial score (nSPS) is 10.8.